The van der Waals surface area contributed by atoms with Crippen LogP contribution >= 0.6 is 0 Å². The van der Waals surface area contributed by atoms with Gasteiger partial charge in [-0.25, -0.2) is 5.43 Å². The summed E-state index contributed by atoms with van der Waals surface area (Å²) in [6.07, 6.45) is 3.62. The lowest BCUT2D eigenvalue weighted by Gasteiger charge is -2.06. The standard InChI is InChI=1S/C19H18N4O/c1-15(17-8-3-2-4-9-17)21-22-19(24)18-10-5-7-16(13-18)14-23-12-6-11-20-23/h2-13H,14H2,1H3,(H,22,24)/b21-15+. The minimum Gasteiger partial charge on any atom is -0.268 e. The molecule has 5 nitrogen and oxygen atoms in total. The van der Waals surface area contributed by atoms with Crippen molar-refractivity contribution in [2.45, 2.75) is 13.5 Å². The van der Waals surface area contributed by atoms with Gasteiger partial charge >= 0.3 is 0 Å². The maximum absolute atomic E-state index is 12.3. The summed E-state index contributed by atoms with van der Waals surface area (Å²) in [4.78, 5) is 12.3. The molecule has 3 rings (SSSR count). The normalized spacial score (nSPS) is 11.3. The molecule has 0 aliphatic carbocycles. The van der Waals surface area contributed by atoms with Crippen molar-refractivity contribution in [3.8, 4) is 0 Å². The highest BCUT2D eigenvalue weighted by atomic mass is 16.2. The van der Waals surface area contributed by atoms with Gasteiger partial charge in [0.25, 0.3) is 5.91 Å². The van der Waals surface area contributed by atoms with Crippen LogP contribution in [0, 0.1) is 0 Å². The second-order valence-corrected chi connectivity index (χ2v) is 5.41. The van der Waals surface area contributed by atoms with Crippen LogP contribution in [0.25, 0.3) is 0 Å². The number of nitrogens with one attached hydrogen (secondary N) is 1. The van der Waals surface area contributed by atoms with E-state index >= 15 is 0 Å². The number of benzene rings is 2. The monoisotopic (exact) mass is 318 g/mol. The van der Waals surface area contributed by atoms with E-state index in [4.69, 9.17) is 0 Å². The Morgan fingerprint density at radius 2 is 1.88 bits per heavy atom. The summed E-state index contributed by atoms with van der Waals surface area (Å²) in [5.74, 6) is -0.229. The third-order valence-electron chi connectivity index (χ3n) is 3.61. The quantitative estimate of drug-likeness (QED) is 0.580. The third-order valence-corrected chi connectivity index (χ3v) is 3.61. The largest absolute Gasteiger partial charge is 0.271 e. The van der Waals surface area contributed by atoms with Crippen LogP contribution in [0.4, 0.5) is 0 Å². The number of hydrazone groups is 1. The number of carbonyl (C=O) groups excluding carboxylic acids is 1. The summed E-state index contributed by atoms with van der Waals surface area (Å²) < 4.78 is 1.81. The lowest BCUT2D eigenvalue weighted by atomic mass is 10.1. The van der Waals surface area contributed by atoms with Gasteiger partial charge in [-0.1, -0.05) is 42.5 Å². The molecule has 0 aliphatic rings. The van der Waals surface area contributed by atoms with Crippen molar-refractivity contribution < 1.29 is 4.79 Å². The average molecular weight is 318 g/mol. The van der Waals surface area contributed by atoms with Crippen LogP contribution in [0.5, 0.6) is 0 Å². The SMILES string of the molecule is C/C(=N\NC(=O)c1cccc(Cn2cccn2)c1)c1ccccc1. The molecular formula is C19H18N4O. The molecule has 0 spiro atoms. The van der Waals surface area contributed by atoms with Gasteiger partial charge in [-0.2, -0.15) is 10.2 Å². The van der Waals surface area contributed by atoms with E-state index in [1.165, 1.54) is 0 Å². The van der Waals surface area contributed by atoms with E-state index in [-0.39, 0.29) is 5.91 Å². The molecule has 0 saturated heterocycles. The number of rotatable bonds is 5. The second-order valence-electron chi connectivity index (χ2n) is 5.41. The Labute approximate surface area is 140 Å². The van der Waals surface area contributed by atoms with Gasteiger partial charge in [-0.05, 0) is 36.2 Å². The van der Waals surface area contributed by atoms with Crippen molar-refractivity contribution in [3.05, 3.63) is 89.7 Å². The third kappa shape index (κ3) is 3.95. The van der Waals surface area contributed by atoms with Crippen LogP contribution < -0.4 is 5.43 Å². The molecule has 1 N–H and O–H groups in total. The summed E-state index contributed by atoms with van der Waals surface area (Å²) in [6, 6.07) is 19.1. The zero-order valence-corrected chi connectivity index (χ0v) is 13.4. The predicted octanol–water partition coefficient (Wildman–Crippen LogP) is 3.09. The Bertz CT molecular complexity index is 839. The minimum atomic E-state index is -0.229. The number of hydrogen-bond acceptors (Lipinski definition) is 3. The summed E-state index contributed by atoms with van der Waals surface area (Å²) in [7, 11) is 0. The van der Waals surface area contributed by atoms with Crippen LogP contribution in [-0.4, -0.2) is 21.4 Å². The fraction of sp³-hybridized carbons (Fsp3) is 0.105. The van der Waals surface area contributed by atoms with Gasteiger partial charge in [0.05, 0.1) is 12.3 Å². The van der Waals surface area contributed by atoms with Crippen LogP contribution in [0.15, 0.2) is 78.2 Å². The van der Waals surface area contributed by atoms with Gasteiger partial charge in [-0.15, -0.1) is 0 Å². The van der Waals surface area contributed by atoms with E-state index in [0.717, 1.165) is 16.8 Å². The minimum absolute atomic E-state index is 0.229. The molecule has 24 heavy (non-hydrogen) atoms. The zero-order valence-electron chi connectivity index (χ0n) is 13.4. The summed E-state index contributed by atoms with van der Waals surface area (Å²) in [5, 5.41) is 8.35. The van der Waals surface area contributed by atoms with Gasteiger partial charge in [0.1, 0.15) is 0 Å². The first-order chi connectivity index (χ1) is 11.7. The molecule has 3 aromatic rings. The highest BCUT2D eigenvalue weighted by molar-refractivity contribution is 6.00. The Morgan fingerprint density at radius 3 is 2.62 bits per heavy atom. The molecule has 0 aliphatic heterocycles. The summed E-state index contributed by atoms with van der Waals surface area (Å²) in [5.41, 5.74) is 5.93. The Morgan fingerprint density at radius 1 is 1.08 bits per heavy atom. The lowest BCUT2D eigenvalue weighted by molar-refractivity contribution is 0.0954. The first-order valence-electron chi connectivity index (χ1n) is 7.69. The first kappa shape index (κ1) is 15.7. The number of hydrogen-bond donors (Lipinski definition) is 1. The Hall–Kier alpha value is -3.21. The molecule has 0 unspecified atom stereocenters. The van der Waals surface area contributed by atoms with Gasteiger partial charge < -0.3 is 0 Å². The molecule has 2 aromatic carbocycles. The number of carbonyl (C=O) groups is 1. The highest BCUT2D eigenvalue weighted by Gasteiger charge is 2.06. The maximum Gasteiger partial charge on any atom is 0.271 e. The van der Waals surface area contributed by atoms with Crippen molar-refractivity contribution >= 4 is 11.6 Å². The molecular weight excluding hydrogens is 300 g/mol. The smallest absolute Gasteiger partial charge is 0.268 e. The lowest BCUT2D eigenvalue weighted by Crippen LogP contribution is -2.19. The van der Waals surface area contributed by atoms with E-state index in [1.807, 2.05) is 72.4 Å². The Balaban J connectivity index is 1.69. The van der Waals surface area contributed by atoms with Crippen molar-refractivity contribution in [1.29, 1.82) is 0 Å². The molecule has 5 heteroatoms. The van der Waals surface area contributed by atoms with Crippen molar-refractivity contribution in [1.82, 2.24) is 15.2 Å². The van der Waals surface area contributed by atoms with Gasteiger partial charge in [0.15, 0.2) is 0 Å². The topological polar surface area (TPSA) is 59.3 Å². The number of aromatic nitrogens is 2. The molecule has 1 amide bonds. The van der Waals surface area contributed by atoms with E-state index in [0.29, 0.717) is 12.1 Å². The van der Waals surface area contributed by atoms with Crippen molar-refractivity contribution in [3.63, 3.8) is 0 Å². The number of amides is 1. The van der Waals surface area contributed by atoms with Crippen LogP contribution in [0.1, 0.15) is 28.4 Å². The molecule has 1 aromatic heterocycles. The Kier molecular flexibility index (Phi) is 4.81. The number of nitrogens with zero attached hydrogens (tertiary/aromatic N) is 3. The predicted molar refractivity (Wildman–Crippen MR) is 93.9 cm³/mol. The fourth-order valence-electron chi connectivity index (χ4n) is 2.34. The van der Waals surface area contributed by atoms with Crippen molar-refractivity contribution in [2.24, 2.45) is 5.10 Å². The van der Waals surface area contributed by atoms with E-state index in [2.05, 4.69) is 15.6 Å². The van der Waals surface area contributed by atoms with Crippen LogP contribution in [-0.2, 0) is 6.54 Å². The van der Waals surface area contributed by atoms with E-state index < -0.39 is 0 Å². The average Bonchev–Trinajstić information content (AvgIpc) is 3.13. The second kappa shape index (κ2) is 7.37. The zero-order chi connectivity index (χ0) is 16.8. The van der Waals surface area contributed by atoms with Gasteiger partial charge in [0.2, 0.25) is 0 Å². The molecule has 0 fully saturated rings. The summed E-state index contributed by atoms with van der Waals surface area (Å²) >= 11 is 0. The van der Waals surface area contributed by atoms with Gasteiger partial charge in [0, 0.05) is 18.0 Å². The van der Waals surface area contributed by atoms with E-state index in [9.17, 15) is 4.79 Å². The summed E-state index contributed by atoms with van der Waals surface area (Å²) in [6.45, 7) is 2.49. The van der Waals surface area contributed by atoms with E-state index in [1.54, 1.807) is 12.3 Å². The molecule has 1 heterocycles. The van der Waals surface area contributed by atoms with Crippen LogP contribution in [0.3, 0.4) is 0 Å². The van der Waals surface area contributed by atoms with Gasteiger partial charge in [-0.3, -0.25) is 9.48 Å². The van der Waals surface area contributed by atoms with Crippen molar-refractivity contribution in [2.75, 3.05) is 0 Å². The molecule has 0 radical (unpaired) electrons. The molecule has 0 saturated carbocycles. The first-order valence-corrected chi connectivity index (χ1v) is 7.69. The molecule has 120 valence electrons. The molecule has 0 bridgehead atoms. The maximum atomic E-state index is 12.3. The highest BCUT2D eigenvalue weighted by Crippen LogP contribution is 2.07. The fourth-order valence-corrected chi connectivity index (χ4v) is 2.34. The molecule has 0 atom stereocenters. The van der Waals surface area contributed by atoms with Crippen LogP contribution in [0.2, 0.25) is 0 Å².